The summed E-state index contributed by atoms with van der Waals surface area (Å²) in [7, 11) is 1.71. The summed E-state index contributed by atoms with van der Waals surface area (Å²) < 4.78 is 23.6. The van der Waals surface area contributed by atoms with Crippen LogP contribution in [0.4, 0.5) is 15.0 Å². The minimum absolute atomic E-state index is 0.148. The lowest BCUT2D eigenvalue weighted by atomic mass is 10.0. The van der Waals surface area contributed by atoms with E-state index < -0.39 is 35.4 Å². The van der Waals surface area contributed by atoms with E-state index in [1.54, 1.807) is 63.3 Å². The van der Waals surface area contributed by atoms with E-state index in [1.165, 1.54) is 39.1 Å². The van der Waals surface area contributed by atoms with Gasteiger partial charge in [0.25, 0.3) is 5.91 Å². The van der Waals surface area contributed by atoms with E-state index in [0.29, 0.717) is 41.8 Å². The van der Waals surface area contributed by atoms with Crippen LogP contribution in [-0.4, -0.2) is 67.5 Å². The number of amides is 3. The van der Waals surface area contributed by atoms with Crippen molar-refractivity contribution in [2.24, 2.45) is 12.8 Å². The van der Waals surface area contributed by atoms with Crippen LogP contribution in [0.5, 0.6) is 0 Å². The average Bonchev–Trinajstić information content (AvgIpc) is 3.57. The van der Waals surface area contributed by atoms with Gasteiger partial charge in [-0.25, -0.2) is 14.2 Å². The normalized spacial score (nSPS) is 15.7. The van der Waals surface area contributed by atoms with Crippen molar-refractivity contribution in [3.63, 3.8) is 0 Å². The maximum Gasteiger partial charge on any atom is 0.410 e. The summed E-state index contributed by atoms with van der Waals surface area (Å²) in [6.07, 6.45) is 6.77. The van der Waals surface area contributed by atoms with Crippen LogP contribution >= 0.6 is 11.3 Å². The number of hydrogen-bond donors (Lipinski definition) is 1. The number of pyridine rings is 1. The highest BCUT2D eigenvalue weighted by atomic mass is 32.1. The number of aryl methyl sites for hydroxylation is 1. The van der Waals surface area contributed by atoms with Gasteiger partial charge < -0.3 is 15.4 Å². The first-order valence-electron chi connectivity index (χ1n) is 13.7. The minimum Gasteiger partial charge on any atom is -0.444 e. The van der Waals surface area contributed by atoms with E-state index in [0.717, 1.165) is 9.58 Å². The molecule has 11 nitrogen and oxygen atoms in total. The monoisotopic (exact) mass is 605 g/mol. The molecule has 4 aromatic rings. The molecule has 1 atom stereocenters. The predicted octanol–water partition coefficient (Wildman–Crippen LogP) is 4.78. The molecule has 43 heavy (non-hydrogen) atoms. The van der Waals surface area contributed by atoms with Gasteiger partial charge in [0.05, 0.1) is 17.8 Å². The van der Waals surface area contributed by atoms with Crippen molar-refractivity contribution in [3.8, 4) is 11.3 Å². The summed E-state index contributed by atoms with van der Waals surface area (Å²) in [4.78, 5) is 47.0. The number of nitrogens with two attached hydrogens (primary N) is 1. The lowest BCUT2D eigenvalue weighted by Gasteiger charge is -2.39. The van der Waals surface area contributed by atoms with Crippen molar-refractivity contribution in [1.82, 2.24) is 24.9 Å². The number of ether oxygens (including phenoxy) is 1. The number of halogens is 1. The topological polar surface area (TPSA) is 137 Å². The SMILES string of the molecule is Cn1cc(-c2ccc(C(=O)N(c3nccc4sc(/C=C/C(N)=O)cc34)[C@@H]3CCCN(C(=O)OC(C)(C)C)C3)c(F)c2)nn1. The Balaban J connectivity index is 1.57. The summed E-state index contributed by atoms with van der Waals surface area (Å²) in [6, 6.07) is 7.40. The molecule has 0 spiro atoms. The highest BCUT2D eigenvalue weighted by Gasteiger charge is 2.36. The minimum atomic E-state index is -0.722. The number of thiophene rings is 1. The van der Waals surface area contributed by atoms with Crippen LogP contribution < -0.4 is 10.6 Å². The summed E-state index contributed by atoms with van der Waals surface area (Å²) >= 11 is 1.40. The third-order valence-corrected chi connectivity index (χ3v) is 7.88. The Morgan fingerprint density at radius 3 is 2.67 bits per heavy atom. The number of anilines is 1. The second-order valence-electron chi connectivity index (χ2n) is 11.3. The van der Waals surface area contributed by atoms with Crippen molar-refractivity contribution >= 4 is 51.2 Å². The zero-order valence-corrected chi connectivity index (χ0v) is 25.1. The second-order valence-corrected chi connectivity index (χ2v) is 12.4. The van der Waals surface area contributed by atoms with Gasteiger partial charge in [-0.05, 0) is 64.0 Å². The van der Waals surface area contributed by atoms with Gasteiger partial charge in [0.2, 0.25) is 5.91 Å². The smallest absolute Gasteiger partial charge is 0.410 e. The Kier molecular flexibility index (Phi) is 8.27. The number of fused-ring (bicyclic) bond motifs is 1. The lowest BCUT2D eigenvalue weighted by molar-refractivity contribution is -0.113. The number of likely N-dealkylation sites (tertiary alicyclic amines) is 1. The molecule has 4 heterocycles. The molecule has 5 rings (SSSR count). The van der Waals surface area contributed by atoms with Crippen molar-refractivity contribution in [2.75, 3.05) is 18.0 Å². The number of nitrogens with zero attached hydrogens (tertiary/aromatic N) is 6. The van der Waals surface area contributed by atoms with Gasteiger partial charge in [-0.2, -0.15) is 0 Å². The van der Waals surface area contributed by atoms with E-state index in [-0.39, 0.29) is 12.1 Å². The Labute approximate surface area is 251 Å². The molecule has 3 amide bonds. The Morgan fingerprint density at radius 1 is 1.21 bits per heavy atom. The van der Waals surface area contributed by atoms with E-state index in [2.05, 4.69) is 15.3 Å². The number of primary amides is 1. The molecule has 0 radical (unpaired) electrons. The first kappa shape index (κ1) is 29.8. The number of rotatable bonds is 6. The van der Waals surface area contributed by atoms with Crippen LogP contribution in [0, 0.1) is 5.82 Å². The summed E-state index contributed by atoms with van der Waals surface area (Å²) in [5, 5.41) is 8.57. The molecule has 1 aromatic carbocycles. The second kappa shape index (κ2) is 11.9. The number of carbonyl (C=O) groups excluding carboxylic acids is 3. The van der Waals surface area contributed by atoms with Gasteiger partial charge in [-0.1, -0.05) is 11.3 Å². The molecule has 0 aliphatic carbocycles. The van der Waals surface area contributed by atoms with Crippen LogP contribution in [0.25, 0.3) is 27.4 Å². The molecule has 0 saturated carbocycles. The van der Waals surface area contributed by atoms with Crippen molar-refractivity contribution < 1.29 is 23.5 Å². The fourth-order valence-electron chi connectivity index (χ4n) is 4.96. The molecule has 1 saturated heterocycles. The van der Waals surface area contributed by atoms with Gasteiger partial charge in [-0.15, -0.1) is 16.4 Å². The molecule has 13 heteroatoms. The molecule has 3 aromatic heterocycles. The van der Waals surface area contributed by atoms with Crippen LogP contribution in [0.2, 0.25) is 0 Å². The fourth-order valence-corrected chi connectivity index (χ4v) is 5.91. The Hall–Kier alpha value is -4.65. The summed E-state index contributed by atoms with van der Waals surface area (Å²) in [5.74, 6) is -1.58. The van der Waals surface area contributed by atoms with E-state index in [4.69, 9.17) is 10.5 Å². The number of piperidine rings is 1. The van der Waals surface area contributed by atoms with Crippen molar-refractivity contribution in [3.05, 3.63) is 65.1 Å². The van der Waals surface area contributed by atoms with E-state index in [1.807, 2.05) is 6.07 Å². The average molecular weight is 606 g/mol. The van der Waals surface area contributed by atoms with Gasteiger partial charge >= 0.3 is 6.09 Å². The molecule has 0 unspecified atom stereocenters. The highest BCUT2D eigenvalue weighted by molar-refractivity contribution is 7.20. The summed E-state index contributed by atoms with van der Waals surface area (Å²) in [5.41, 5.74) is 5.39. The maximum atomic E-state index is 15.7. The largest absolute Gasteiger partial charge is 0.444 e. The predicted molar refractivity (Wildman–Crippen MR) is 162 cm³/mol. The number of carbonyl (C=O) groups is 3. The molecular formula is C30H32FN7O4S. The quantitative estimate of drug-likeness (QED) is 0.313. The zero-order chi connectivity index (χ0) is 30.9. The van der Waals surface area contributed by atoms with Gasteiger partial charge in [0.1, 0.15) is 22.9 Å². The van der Waals surface area contributed by atoms with Crippen LogP contribution in [-0.2, 0) is 16.6 Å². The summed E-state index contributed by atoms with van der Waals surface area (Å²) in [6.45, 7) is 6.02. The van der Waals surface area contributed by atoms with E-state index >= 15 is 4.39 Å². The number of benzene rings is 1. The van der Waals surface area contributed by atoms with Crippen molar-refractivity contribution in [1.29, 1.82) is 0 Å². The van der Waals surface area contributed by atoms with Gasteiger partial charge in [0.15, 0.2) is 0 Å². The first-order chi connectivity index (χ1) is 20.4. The van der Waals surface area contributed by atoms with Crippen LogP contribution in [0.15, 0.2) is 48.8 Å². The Morgan fingerprint density at radius 2 is 2.00 bits per heavy atom. The third kappa shape index (κ3) is 6.72. The molecule has 1 aliphatic rings. The third-order valence-electron chi connectivity index (χ3n) is 6.81. The number of hydrogen-bond acceptors (Lipinski definition) is 8. The molecule has 2 N–H and O–H groups in total. The highest BCUT2D eigenvalue weighted by Crippen LogP contribution is 2.36. The molecule has 1 aliphatic heterocycles. The van der Waals surface area contributed by atoms with E-state index in [9.17, 15) is 14.4 Å². The van der Waals surface area contributed by atoms with Crippen molar-refractivity contribution in [2.45, 2.75) is 45.3 Å². The molecule has 224 valence electrons. The molecular weight excluding hydrogens is 573 g/mol. The molecule has 0 bridgehead atoms. The van der Waals surface area contributed by atoms with Gasteiger partial charge in [-0.3, -0.25) is 19.2 Å². The zero-order valence-electron chi connectivity index (χ0n) is 24.3. The maximum absolute atomic E-state index is 15.7. The fraction of sp³-hybridized carbons (Fsp3) is 0.333. The molecule has 1 fully saturated rings. The standard InChI is InChI=1S/C30H32FN7O4S/c1-30(2,3)42-29(41)37-13-5-6-19(16-37)38(27-22-15-20(8-10-26(32)39)43-25(22)11-12-33-27)28(40)21-9-7-18(14-23(21)31)24-17-36(4)35-34-24/h7-12,14-15,17,19H,5-6,13,16H2,1-4H3,(H2,32,39)/b10-8+/t19-/m1/s1. The van der Waals surface area contributed by atoms with Crippen LogP contribution in [0.3, 0.4) is 0 Å². The number of aromatic nitrogens is 4. The van der Waals surface area contributed by atoms with Gasteiger partial charge in [0, 0.05) is 52.9 Å². The van der Waals surface area contributed by atoms with Crippen LogP contribution in [0.1, 0.15) is 48.8 Å². The first-order valence-corrected chi connectivity index (χ1v) is 14.5. The lowest BCUT2D eigenvalue weighted by Crippen LogP contribution is -2.53. The Bertz CT molecular complexity index is 1720.